The summed E-state index contributed by atoms with van der Waals surface area (Å²) in [6, 6.07) is -4.11. The number of aliphatic imine (C=N–C) groups is 1. The van der Waals surface area contributed by atoms with E-state index in [0.717, 1.165) is 0 Å². The van der Waals surface area contributed by atoms with E-state index in [4.69, 9.17) is 17.2 Å². The van der Waals surface area contributed by atoms with Crippen molar-refractivity contribution >= 4 is 29.7 Å². The Kier molecular flexibility index (Phi) is 13.8. The average molecular weight is 538 g/mol. The molecule has 1 heterocycles. The van der Waals surface area contributed by atoms with E-state index in [-0.39, 0.29) is 37.2 Å². The van der Waals surface area contributed by atoms with Gasteiger partial charge >= 0.3 is 5.97 Å². The number of guanidine groups is 1. The molecule has 14 heteroatoms. The molecule has 0 aliphatic rings. The zero-order valence-corrected chi connectivity index (χ0v) is 22.6. The van der Waals surface area contributed by atoms with Crippen molar-refractivity contribution in [1.29, 1.82) is 0 Å². The quantitative estimate of drug-likeness (QED) is 0.0686. The molecule has 0 spiro atoms. The normalized spacial score (nSPS) is 15.7. The number of carbonyl (C=O) groups excluding carboxylic acids is 3. The lowest BCUT2D eigenvalue weighted by atomic mass is 9.95. The number of rotatable bonds is 17. The molecule has 6 atom stereocenters. The summed E-state index contributed by atoms with van der Waals surface area (Å²) in [6.45, 7) is 7.65. The number of carbonyl (C=O) groups is 4. The van der Waals surface area contributed by atoms with Crippen molar-refractivity contribution < 1.29 is 24.3 Å². The molecule has 14 nitrogen and oxygen atoms in total. The van der Waals surface area contributed by atoms with Crippen LogP contribution in [0.25, 0.3) is 0 Å². The Labute approximate surface area is 223 Å². The first-order valence-corrected chi connectivity index (χ1v) is 12.8. The van der Waals surface area contributed by atoms with Gasteiger partial charge < -0.3 is 43.2 Å². The molecule has 11 N–H and O–H groups in total. The summed E-state index contributed by atoms with van der Waals surface area (Å²) >= 11 is 0. The Balaban J connectivity index is 3.07. The predicted molar refractivity (Wildman–Crippen MR) is 143 cm³/mol. The van der Waals surface area contributed by atoms with Gasteiger partial charge in [-0.25, -0.2) is 9.78 Å². The number of H-pyrrole nitrogens is 1. The molecule has 6 unspecified atom stereocenters. The number of hydrogen-bond acceptors (Lipinski definition) is 7. The summed E-state index contributed by atoms with van der Waals surface area (Å²) in [4.78, 5) is 61.7. The molecule has 0 aliphatic heterocycles. The molecule has 3 amide bonds. The molecular formula is C24H43N9O5. The Hall–Kier alpha value is -3.68. The van der Waals surface area contributed by atoms with Crippen LogP contribution in [-0.4, -0.2) is 75.4 Å². The Morgan fingerprint density at radius 3 is 2.16 bits per heavy atom. The van der Waals surface area contributed by atoms with Crippen molar-refractivity contribution in [3.63, 3.8) is 0 Å². The fourth-order valence-corrected chi connectivity index (χ4v) is 3.58. The summed E-state index contributed by atoms with van der Waals surface area (Å²) < 4.78 is 0. The van der Waals surface area contributed by atoms with Gasteiger partial charge in [0.05, 0.1) is 12.4 Å². The number of amides is 3. The molecule has 1 aromatic rings. The van der Waals surface area contributed by atoms with Crippen LogP contribution in [0.1, 0.15) is 59.1 Å². The van der Waals surface area contributed by atoms with E-state index in [9.17, 15) is 24.3 Å². The van der Waals surface area contributed by atoms with E-state index in [0.29, 0.717) is 25.0 Å². The molecule has 0 saturated heterocycles. The van der Waals surface area contributed by atoms with Crippen LogP contribution in [0.4, 0.5) is 0 Å². The third-order valence-electron chi connectivity index (χ3n) is 6.52. The molecule has 0 aliphatic carbocycles. The van der Waals surface area contributed by atoms with Crippen LogP contribution in [0.15, 0.2) is 17.5 Å². The van der Waals surface area contributed by atoms with E-state index < -0.39 is 47.9 Å². The van der Waals surface area contributed by atoms with Gasteiger partial charge in [0.1, 0.15) is 18.1 Å². The zero-order chi connectivity index (χ0) is 28.8. The molecule has 0 fully saturated rings. The molecule has 1 rings (SSSR count). The van der Waals surface area contributed by atoms with Crippen LogP contribution in [0.2, 0.25) is 0 Å². The van der Waals surface area contributed by atoms with Gasteiger partial charge in [-0.15, -0.1) is 0 Å². The first-order valence-electron chi connectivity index (χ1n) is 12.8. The number of carboxylic acids is 1. The van der Waals surface area contributed by atoms with E-state index in [1.807, 2.05) is 20.8 Å². The highest BCUT2D eigenvalue weighted by atomic mass is 16.4. The van der Waals surface area contributed by atoms with E-state index >= 15 is 0 Å². The lowest BCUT2D eigenvalue weighted by Crippen LogP contribution is -2.59. The van der Waals surface area contributed by atoms with Gasteiger partial charge in [0.15, 0.2) is 5.96 Å². The van der Waals surface area contributed by atoms with Gasteiger partial charge in [-0.3, -0.25) is 19.4 Å². The highest BCUT2D eigenvalue weighted by Gasteiger charge is 2.33. The molecule has 0 bridgehead atoms. The summed E-state index contributed by atoms with van der Waals surface area (Å²) in [5, 5.41) is 17.5. The highest BCUT2D eigenvalue weighted by Crippen LogP contribution is 2.12. The van der Waals surface area contributed by atoms with Crippen LogP contribution in [0, 0.1) is 11.8 Å². The first-order chi connectivity index (χ1) is 17.9. The van der Waals surface area contributed by atoms with Crippen molar-refractivity contribution in [2.24, 2.45) is 34.0 Å². The van der Waals surface area contributed by atoms with Gasteiger partial charge in [0, 0.05) is 24.9 Å². The minimum Gasteiger partial charge on any atom is -0.480 e. The molecule has 1 aromatic heterocycles. The standard InChI is InChI=1S/C24H43N9O5/c1-5-13(3)18(25)21(35)33-19(14(4)6-2)22(36)32-17(10-15-11-28-12-30-15)20(34)31-16(23(37)38)8-7-9-29-24(26)27/h11-14,16-19H,5-10,25H2,1-4H3,(H,28,30)(H,31,34)(H,32,36)(H,33,35)(H,37,38)(H4,26,27,29). The lowest BCUT2D eigenvalue weighted by molar-refractivity contribution is -0.142. The Morgan fingerprint density at radius 1 is 1.00 bits per heavy atom. The largest absolute Gasteiger partial charge is 0.480 e. The topological polar surface area (TPSA) is 244 Å². The van der Waals surface area contributed by atoms with Gasteiger partial charge in [0.25, 0.3) is 0 Å². The summed E-state index contributed by atoms with van der Waals surface area (Å²) in [6.07, 6.45) is 4.59. The molecule has 0 saturated carbocycles. The second kappa shape index (κ2) is 16.2. The third kappa shape index (κ3) is 10.7. The van der Waals surface area contributed by atoms with Gasteiger partial charge in [-0.05, 0) is 24.7 Å². The average Bonchev–Trinajstić information content (AvgIpc) is 3.39. The van der Waals surface area contributed by atoms with Crippen molar-refractivity contribution in [3.05, 3.63) is 18.2 Å². The minimum atomic E-state index is -1.24. The number of carboxylic acid groups (broad SMARTS) is 1. The number of hydrogen-bond donors (Lipinski definition) is 8. The molecular weight excluding hydrogens is 494 g/mol. The fourth-order valence-electron chi connectivity index (χ4n) is 3.58. The molecule has 0 radical (unpaired) electrons. The van der Waals surface area contributed by atoms with Crippen molar-refractivity contribution in [1.82, 2.24) is 25.9 Å². The maximum atomic E-state index is 13.4. The van der Waals surface area contributed by atoms with Crippen LogP contribution < -0.4 is 33.2 Å². The highest BCUT2D eigenvalue weighted by molar-refractivity contribution is 5.94. The smallest absolute Gasteiger partial charge is 0.326 e. The maximum Gasteiger partial charge on any atom is 0.326 e. The summed E-state index contributed by atoms with van der Waals surface area (Å²) in [7, 11) is 0. The number of imidazole rings is 1. The summed E-state index contributed by atoms with van der Waals surface area (Å²) in [5.74, 6) is -3.44. The zero-order valence-electron chi connectivity index (χ0n) is 22.6. The van der Waals surface area contributed by atoms with Crippen LogP contribution in [-0.2, 0) is 25.6 Å². The SMILES string of the molecule is CCC(C)C(N)C(=O)NC(C(=O)NC(Cc1cnc[nH]1)C(=O)NC(CCCN=C(N)N)C(=O)O)C(C)CC. The van der Waals surface area contributed by atoms with E-state index in [1.165, 1.54) is 12.5 Å². The summed E-state index contributed by atoms with van der Waals surface area (Å²) in [5.41, 5.74) is 17.2. The first kappa shape index (κ1) is 32.3. The number of nitrogens with zero attached hydrogens (tertiary/aromatic N) is 2. The van der Waals surface area contributed by atoms with Crippen molar-refractivity contribution in [3.8, 4) is 0 Å². The number of aromatic nitrogens is 2. The molecule has 214 valence electrons. The van der Waals surface area contributed by atoms with Crippen LogP contribution in [0.5, 0.6) is 0 Å². The predicted octanol–water partition coefficient (Wildman–Crippen LogP) is -1.04. The second-order valence-corrected chi connectivity index (χ2v) is 9.47. The Bertz CT molecular complexity index is 934. The van der Waals surface area contributed by atoms with Crippen molar-refractivity contribution in [2.45, 2.75) is 84.0 Å². The van der Waals surface area contributed by atoms with Gasteiger partial charge in [-0.2, -0.15) is 0 Å². The van der Waals surface area contributed by atoms with Crippen LogP contribution >= 0.6 is 0 Å². The number of aromatic amines is 1. The minimum absolute atomic E-state index is 0.0193. The van der Waals surface area contributed by atoms with Crippen LogP contribution in [0.3, 0.4) is 0 Å². The number of nitrogens with one attached hydrogen (secondary N) is 4. The lowest BCUT2D eigenvalue weighted by Gasteiger charge is -2.28. The van der Waals surface area contributed by atoms with Crippen molar-refractivity contribution in [2.75, 3.05) is 6.54 Å². The fraction of sp³-hybridized carbons (Fsp3) is 0.667. The maximum absolute atomic E-state index is 13.4. The number of aliphatic carboxylic acids is 1. The van der Waals surface area contributed by atoms with Gasteiger partial charge in [-0.1, -0.05) is 40.5 Å². The monoisotopic (exact) mass is 537 g/mol. The number of nitrogens with two attached hydrogens (primary N) is 3. The van der Waals surface area contributed by atoms with Gasteiger partial charge in [0.2, 0.25) is 17.7 Å². The molecule has 0 aromatic carbocycles. The van der Waals surface area contributed by atoms with E-state index in [2.05, 4.69) is 30.9 Å². The Morgan fingerprint density at radius 2 is 1.63 bits per heavy atom. The second-order valence-electron chi connectivity index (χ2n) is 9.47. The molecule has 38 heavy (non-hydrogen) atoms. The van der Waals surface area contributed by atoms with E-state index in [1.54, 1.807) is 6.92 Å². The third-order valence-corrected chi connectivity index (χ3v) is 6.52.